The monoisotopic (exact) mass is 227 g/mol. The predicted octanol–water partition coefficient (Wildman–Crippen LogP) is 3.05. The summed E-state index contributed by atoms with van der Waals surface area (Å²) in [6, 6.07) is 6.06. The quantitative estimate of drug-likeness (QED) is 0.724. The molecule has 0 saturated carbocycles. The molecule has 0 radical (unpaired) electrons. The van der Waals surface area contributed by atoms with E-state index in [1.165, 1.54) is 5.69 Å². The SMILES string of the molecule is CC(C)(CBr)Cc1ccccn1. The second-order valence-electron chi connectivity index (χ2n) is 3.80. The van der Waals surface area contributed by atoms with Gasteiger partial charge >= 0.3 is 0 Å². The average molecular weight is 228 g/mol. The third kappa shape index (κ3) is 2.94. The van der Waals surface area contributed by atoms with Crippen LogP contribution in [0.5, 0.6) is 0 Å². The fourth-order valence-corrected chi connectivity index (χ4v) is 1.24. The van der Waals surface area contributed by atoms with E-state index >= 15 is 0 Å². The Morgan fingerprint density at radius 1 is 1.42 bits per heavy atom. The molecule has 0 bridgehead atoms. The normalized spacial score (nSPS) is 11.6. The number of hydrogen-bond donors (Lipinski definition) is 0. The minimum absolute atomic E-state index is 0.300. The van der Waals surface area contributed by atoms with Crippen LogP contribution in [0.2, 0.25) is 0 Å². The lowest BCUT2D eigenvalue weighted by atomic mass is 9.90. The molecule has 0 aliphatic heterocycles. The Hall–Kier alpha value is -0.370. The Kier molecular flexibility index (Phi) is 3.27. The maximum atomic E-state index is 4.29. The van der Waals surface area contributed by atoms with Crippen molar-refractivity contribution < 1.29 is 0 Å². The summed E-state index contributed by atoms with van der Waals surface area (Å²) in [5.41, 5.74) is 1.47. The van der Waals surface area contributed by atoms with Gasteiger partial charge in [0.25, 0.3) is 0 Å². The van der Waals surface area contributed by atoms with Gasteiger partial charge in [0.1, 0.15) is 0 Å². The third-order valence-electron chi connectivity index (χ3n) is 1.75. The Labute approximate surface area is 82.3 Å². The lowest BCUT2D eigenvalue weighted by molar-refractivity contribution is 0.420. The minimum Gasteiger partial charge on any atom is -0.261 e. The van der Waals surface area contributed by atoms with Gasteiger partial charge in [-0.3, -0.25) is 4.98 Å². The van der Waals surface area contributed by atoms with E-state index in [1.54, 1.807) is 0 Å². The smallest absolute Gasteiger partial charge is 0.0409 e. The molecule has 66 valence electrons. The van der Waals surface area contributed by atoms with Gasteiger partial charge in [-0.25, -0.2) is 0 Å². The summed E-state index contributed by atoms with van der Waals surface area (Å²) in [5.74, 6) is 0. The van der Waals surface area contributed by atoms with E-state index in [0.29, 0.717) is 5.41 Å². The van der Waals surface area contributed by atoms with E-state index in [0.717, 1.165) is 11.8 Å². The van der Waals surface area contributed by atoms with E-state index in [2.05, 4.69) is 40.8 Å². The third-order valence-corrected chi connectivity index (χ3v) is 3.27. The van der Waals surface area contributed by atoms with Crippen molar-refractivity contribution in [1.82, 2.24) is 4.98 Å². The summed E-state index contributed by atoms with van der Waals surface area (Å²) < 4.78 is 0. The molecule has 0 N–H and O–H groups in total. The van der Waals surface area contributed by atoms with Crippen LogP contribution in [-0.4, -0.2) is 10.3 Å². The second kappa shape index (κ2) is 4.04. The summed E-state index contributed by atoms with van der Waals surface area (Å²) in [6.45, 7) is 4.47. The van der Waals surface area contributed by atoms with Crippen molar-refractivity contribution >= 4 is 15.9 Å². The first-order chi connectivity index (χ1) is 5.64. The highest BCUT2D eigenvalue weighted by Crippen LogP contribution is 2.22. The number of rotatable bonds is 3. The molecule has 2 heteroatoms. The molecule has 0 spiro atoms. The van der Waals surface area contributed by atoms with Crippen LogP contribution in [0.15, 0.2) is 24.4 Å². The largest absolute Gasteiger partial charge is 0.261 e. The van der Waals surface area contributed by atoms with Crippen LogP contribution in [0.4, 0.5) is 0 Å². The van der Waals surface area contributed by atoms with E-state index in [9.17, 15) is 0 Å². The van der Waals surface area contributed by atoms with Crippen molar-refractivity contribution in [1.29, 1.82) is 0 Å². The van der Waals surface area contributed by atoms with Gasteiger partial charge in [-0.05, 0) is 24.0 Å². The first-order valence-corrected chi connectivity index (χ1v) is 5.22. The van der Waals surface area contributed by atoms with Gasteiger partial charge in [-0.2, -0.15) is 0 Å². The van der Waals surface area contributed by atoms with Gasteiger partial charge in [0.15, 0.2) is 0 Å². The molecule has 12 heavy (non-hydrogen) atoms. The molecule has 0 atom stereocenters. The summed E-state index contributed by atoms with van der Waals surface area (Å²) in [5, 5.41) is 1.01. The van der Waals surface area contributed by atoms with Crippen molar-refractivity contribution in [2.45, 2.75) is 20.3 Å². The van der Waals surface area contributed by atoms with Gasteiger partial charge in [-0.15, -0.1) is 0 Å². The standard InChI is InChI=1S/C10H14BrN/c1-10(2,8-11)7-9-5-3-4-6-12-9/h3-6H,7-8H2,1-2H3. The molecule has 0 unspecified atom stereocenters. The highest BCUT2D eigenvalue weighted by Gasteiger charge is 2.16. The summed E-state index contributed by atoms with van der Waals surface area (Å²) in [7, 11) is 0. The maximum absolute atomic E-state index is 4.29. The number of aromatic nitrogens is 1. The van der Waals surface area contributed by atoms with E-state index in [1.807, 2.05) is 18.3 Å². The molecular formula is C10H14BrN. The van der Waals surface area contributed by atoms with Gasteiger partial charge in [-0.1, -0.05) is 35.8 Å². The molecule has 0 aliphatic carbocycles. The Morgan fingerprint density at radius 2 is 2.17 bits per heavy atom. The van der Waals surface area contributed by atoms with Crippen molar-refractivity contribution in [3.05, 3.63) is 30.1 Å². The molecule has 0 saturated heterocycles. The molecule has 1 aromatic heterocycles. The van der Waals surface area contributed by atoms with E-state index in [4.69, 9.17) is 0 Å². The van der Waals surface area contributed by atoms with Crippen LogP contribution >= 0.6 is 15.9 Å². The van der Waals surface area contributed by atoms with Gasteiger partial charge in [0.05, 0.1) is 0 Å². The number of alkyl halides is 1. The zero-order valence-corrected chi connectivity index (χ0v) is 9.13. The van der Waals surface area contributed by atoms with E-state index < -0.39 is 0 Å². The Bertz CT molecular complexity index is 231. The van der Waals surface area contributed by atoms with Crippen LogP contribution in [0.25, 0.3) is 0 Å². The van der Waals surface area contributed by atoms with Crippen LogP contribution in [0.1, 0.15) is 19.5 Å². The van der Waals surface area contributed by atoms with Crippen LogP contribution in [-0.2, 0) is 6.42 Å². The van der Waals surface area contributed by atoms with Gasteiger partial charge < -0.3 is 0 Å². The molecule has 1 rings (SSSR count). The highest BCUT2D eigenvalue weighted by molar-refractivity contribution is 9.09. The lowest BCUT2D eigenvalue weighted by Crippen LogP contribution is -2.17. The molecule has 0 fully saturated rings. The van der Waals surface area contributed by atoms with Crippen molar-refractivity contribution in [3.8, 4) is 0 Å². The van der Waals surface area contributed by atoms with Crippen LogP contribution in [0.3, 0.4) is 0 Å². The number of halogens is 1. The summed E-state index contributed by atoms with van der Waals surface area (Å²) >= 11 is 3.50. The molecule has 0 aliphatic rings. The van der Waals surface area contributed by atoms with Crippen molar-refractivity contribution in [2.24, 2.45) is 5.41 Å². The molecule has 1 nitrogen and oxygen atoms in total. The zero-order chi connectivity index (χ0) is 9.03. The number of nitrogens with zero attached hydrogens (tertiary/aromatic N) is 1. The second-order valence-corrected chi connectivity index (χ2v) is 4.36. The Balaban J connectivity index is 2.64. The number of hydrogen-bond acceptors (Lipinski definition) is 1. The summed E-state index contributed by atoms with van der Waals surface area (Å²) in [4.78, 5) is 4.29. The van der Waals surface area contributed by atoms with Crippen molar-refractivity contribution in [3.63, 3.8) is 0 Å². The fraction of sp³-hybridized carbons (Fsp3) is 0.500. The van der Waals surface area contributed by atoms with Gasteiger partial charge in [0.2, 0.25) is 0 Å². The van der Waals surface area contributed by atoms with Crippen molar-refractivity contribution in [2.75, 3.05) is 5.33 Å². The molecule has 0 amide bonds. The predicted molar refractivity (Wildman–Crippen MR) is 55.5 cm³/mol. The van der Waals surface area contributed by atoms with Crippen LogP contribution < -0.4 is 0 Å². The zero-order valence-electron chi connectivity index (χ0n) is 7.55. The molecular weight excluding hydrogens is 214 g/mol. The van der Waals surface area contributed by atoms with Crippen LogP contribution in [0, 0.1) is 5.41 Å². The average Bonchev–Trinajstić information content (AvgIpc) is 2.06. The molecule has 1 heterocycles. The molecule has 0 aromatic carbocycles. The molecule has 1 aromatic rings. The first kappa shape index (κ1) is 9.72. The summed E-state index contributed by atoms with van der Waals surface area (Å²) in [6.07, 6.45) is 2.87. The first-order valence-electron chi connectivity index (χ1n) is 4.10. The lowest BCUT2D eigenvalue weighted by Gasteiger charge is -2.20. The maximum Gasteiger partial charge on any atom is 0.0409 e. The highest BCUT2D eigenvalue weighted by atomic mass is 79.9. The minimum atomic E-state index is 0.300. The van der Waals surface area contributed by atoms with Gasteiger partial charge in [0, 0.05) is 17.2 Å². The topological polar surface area (TPSA) is 12.9 Å². The van der Waals surface area contributed by atoms with E-state index in [-0.39, 0.29) is 0 Å². The fourth-order valence-electron chi connectivity index (χ4n) is 1.04. The Morgan fingerprint density at radius 3 is 2.67 bits per heavy atom. The number of pyridine rings is 1.